The Kier molecular flexibility index (Phi) is 3.68. The van der Waals surface area contributed by atoms with E-state index in [1.807, 2.05) is 24.3 Å². The largest absolute Gasteiger partial charge is 0.508 e. The van der Waals surface area contributed by atoms with Crippen LogP contribution in [-0.4, -0.2) is 22.3 Å². The number of hydrogen-bond acceptors (Lipinski definition) is 4. The van der Waals surface area contributed by atoms with Crippen LogP contribution in [0.2, 0.25) is 0 Å². The summed E-state index contributed by atoms with van der Waals surface area (Å²) in [6, 6.07) is 14.7. The van der Waals surface area contributed by atoms with Crippen molar-refractivity contribution in [2.45, 2.75) is 0 Å². The van der Waals surface area contributed by atoms with Gasteiger partial charge in [0, 0.05) is 28.9 Å². The number of anilines is 1. The lowest BCUT2D eigenvalue weighted by Crippen LogP contribution is -2.12. The monoisotopic (exact) mass is 306 g/mol. The molecule has 3 rings (SSSR count). The molecule has 114 valence electrons. The summed E-state index contributed by atoms with van der Waals surface area (Å²) in [5.41, 5.74) is 1.51. The number of fused-ring (bicyclic) bond motifs is 1. The minimum absolute atomic E-state index is 0.155. The maximum Gasteiger partial charge on any atom is 0.255 e. The molecule has 3 aromatic rings. The Hall–Kier alpha value is -3.34. The van der Waals surface area contributed by atoms with Crippen LogP contribution in [0.1, 0.15) is 15.9 Å². The van der Waals surface area contributed by atoms with Crippen molar-refractivity contribution in [3.63, 3.8) is 0 Å². The standard InChI is InChI=1S/C18H14N2O3/c19-10-11-5-6-17(16-4-2-1-3-15(11)16)20-18(23)12-7-13(21)9-14(22)8-12/h1-10,19,21-22H,(H,20,23). The van der Waals surface area contributed by atoms with Gasteiger partial charge in [-0.1, -0.05) is 30.3 Å². The molecule has 0 aliphatic rings. The Labute approximate surface area is 132 Å². The predicted octanol–water partition coefficient (Wildman–Crippen LogP) is 3.50. The van der Waals surface area contributed by atoms with Gasteiger partial charge in [0.25, 0.3) is 5.91 Å². The van der Waals surface area contributed by atoms with Gasteiger partial charge < -0.3 is 20.9 Å². The number of phenols is 2. The molecule has 0 atom stereocenters. The van der Waals surface area contributed by atoms with E-state index in [1.165, 1.54) is 18.3 Å². The zero-order chi connectivity index (χ0) is 16.4. The molecule has 0 heterocycles. The van der Waals surface area contributed by atoms with Crippen molar-refractivity contribution in [1.29, 1.82) is 5.41 Å². The van der Waals surface area contributed by atoms with Crippen LogP contribution in [0.15, 0.2) is 54.6 Å². The van der Waals surface area contributed by atoms with Crippen LogP contribution in [0.25, 0.3) is 10.8 Å². The van der Waals surface area contributed by atoms with Crippen LogP contribution in [0.5, 0.6) is 11.5 Å². The van der Waals surface area contributed by atoms with E-state index in [-0.39, 0.29) is 17.1 Å². The Morgan fingerprint density at radius 3 is 2.26 bits per heavy atom. The third-order valence-electron chi connectivity index (χ3n) is 3.53. The highest BCUT2D eigenvalue weighted by molar-refractivity contribution is 6.12. The van der Waals surface area contributed by atoms with Crippen LogP contribution in [0, 0.1) is 5.41 Å². The van der Waals surface area contributed by atoms with E-state index in [2.05, 4.69) is 5.32 Å². The van der Waals surface area contributed by atoms with E-state index < -0.39 is 5.91 Å². The molecule has 5 heteroatoms. The van der Waals surface area contributed by atoms with Gasteiger partial charge in [-0.15, -0.1) is 0 Å². The fourth-order valence-corrected chi connectivity index (χ4v) is 2.48. The number of carbonyl (C=O) groups is 1. The lowest BCUT2D eigenvalue weighted by atomic mass is 10.0. The fraction of sp³-hybridized carbons (Fsp3) is 0. The van der Waals surface area contributed by atoms with Crippen LogP contribution < -0.4 is 5.32 Å². The second-order valence-electron chi connectivity index (χ2n) is 5.08. The Morgan fingerprint density at radius 2 is 1.61 bits per heavy atom. The first-order valence-corrected chi connectivity index (χ1v) is 6.95. The highest BCUT2D eigenvalue weighted by atomic mass is 16.3. The van der Waals surface area contributed by atoms with Crippen molar-refractivity contribution in [2.24, 2.45) is 0 Å². The zero-order valence-corrected chi connectivity index (χ0v) is 12.1. The molecular weight excluding hydrogens is 292 g/mol. The van der Waals surface area contributed by atoms with Gasteiger partial charge in [0.05, 0.1) is 0 Å². The van der Waals surface area contributed by atoms with E-state index in [0.29, 0.717) is 5.69 Å². The molecule has 0 radical (unpaired) electrons. The van der Waals surface area contributed by atoms with Gasteiger partial charge in [-0.05, 0) is 29.1 Å². The third kappa shape index (κ3) is 2.85. The first-order valence-electron chi connectivity index (χ1n) is 6.95. The Bertz CT molecular complexity index is 899. The molecule has 0 aromatic heterocycles. The molecule has 5 nitrogen and oxygen atoms in total. The molecule has 0 saturated heterocycles. The number of rotatable bonds is 3. The van der Waals surface area contributed by atoms with Crippen molar-refractivity contribution < 1.29 is 15.0 Å². The second-order valence-corrected chi connectivity index (χ2v) is 5.08. The maximum atomic E-state index is 12.3. The van der Waals surface area contributed by atoms with Crippen LogP contribution in [-0.2, 0) is 0 Å². The van der Waals surface area contributed by atoms with E-state index >= 15 is 0 Å². The SMILES string of the molecule is N=Cc1ccc(NC(=O)c2cc(O)cc(O)c2)c2ccccc12. The number of hydrogen-bond donors (Lipinski definition) is 4. The van der Waals surface area contributed by atoms with Crippen LogP contribution >= 0.6 is 0 Å². The van der Waals surface area contributed by atoms with Crippen LogP contribution in [0.3, 0.4) is 0 Å². The average molecular weight is 306 g/mol. The van der Waals surface area contributed by atoms with Gasteiger partial charge in [-0.3, -0.25) is 4.79 Å². The number of nitrogens with one attached hydrogen (secondary N) is 2. The van der Waals surface area contributed by atoms with Gasteiger partial charge in [0.2, 0.25) is 0 Å². The van der Waals surface area contributed by atoms with E-state index in [0.717, 1.165) is 22.4 Å². The van der Waals surface area contributed by atoms with Crippen molar-refractivity contribution in [3.05, 3.63) is 65.7 Å². The Balaban J connectivity index is 2.01. The zero-order valence-electron chi connectivity index (χ0n) is 12.1. The number of amides is 1. The minimum Gasteiger partial charge on any atom is -0.508 e. The fourth-order valence-electron chi connectivity index (χ4n) is 2.48. The van der Waals surface area contributed by atoms with Crippen LogP contribution in [0.4, 0.5) is 5.69 Å². The molecule has 0 aliphatic carbocycles. The van der Waals surface area contributed by atoms with E-state index in [9.17, 15) is 15.0 Å². The second kappa shape index (κ2) is 5.81. The third-order valence-corrected chi connectivity index (χ3v) is 3.53. The molecule has 0 saturated carbocycles. The highest BCUT2D eigenvalue weighted by Crippen LogP contribution is 2.27. The summed E-state index contributed by atoms with van der Waals surface area (Å²) in [5.74, 6) is -0.803. The summed E-state index contributed by atoms with van der Waals surface area (Å²) in [5, 5.41) is 30.9. The molecule has 0 aliphatic heterocycles. The molecule has 0 spiro atoms. The lowest BCUT2D eigenvalue weighted by molar-refractivity contribution is 0.102. The summed E-state index contributed by atoms with van der Waals surface area (Å²) >= 11 is 0. The molecule has 0 fully saturated rings. The normalized spacial score (nSPS) is 10.4. The molecule has 4 N–H and O–H groups in total. The molecular formula is C18H14N2O3. The molecule has 23 heavy (non-hydrogen) atoms. The van der Waals surface area contributed by atoms with Gasteiger partial charge in [-0.25, -0.2) is 0 Å². The first-order chi connectivity index (χ1) is 11.1. The van der Waals surface area contributed by atoms with Gasteiger partial charge in [0.15, 0.2) is 0 Å². The van der Waals surface area contributed by atoms with Gasteiger partial charge in [-0.2, -0.15) is 0 Å². The number of benzene rings is 3. The molecule has 0 unspecified atom stereocenters. The molecule has 0 bridgehead atoms. The van der Waals surface area contributed by atoms with Gasteiger partial charge in [0.1, 0.15) is 11.5 Å². The van der Waals surface area contributed by atoms with Crippen molar-refractivity contribution in [3.8, 4) is 11.5 Å². The summed E-state index contributed by atoms with van der Waals surface area (Å²) in [4.78, 5) is 12.3. The Morgan fingerprint density at radius 1 is 0.957 bits per heavy atom. The summed E-state index contributed by atoms with van der Waals surface area (Å²) in [6.07, 6.45) is 1.27. The van der Waals surface area contributed by atoms with Crippen molar-refractivity contribution in [2.75, 3.05) is 5.32 Å². The first kappa shape index (κ1) is 14.6. The average Bonchev–Trinajstić information content (AvgIpc) is 2.54. The quantitative estimate of drug-likeness (QED) is 0.558. The van der Waals surface area contributed by atoms with E-state index in [1.54, 1.807) is 12.1 Å². The predicted molar refractivity (Wildman–Crippen MR) is 89.6 cm³/mol. The summed E-state index contributed by atoms with van der Waals surface area (Å²) < 4.78 is 0. The lowest BCUT2D eigenvalue weighted by Gasteiger charge is -2.11. The smallest absolute Gasteiger partial charge is 0.255 e. The number of phenolic OH excluding ortho intramolecular Hbond substituents is 2. The van der Waals surface area contributed by atoms with Crippen molar-refractivity contribution >= 4 is 28.6 Å². The summed E-state index contributed by atoms with van der Waals surface area (Å²) in [7, 11) is 0. The maximum absolute atomic E-state index is 12.3. The van der Waals surface area contributed by atoms with E-state index in [4.69, 9.17) is 5.41 Å². The number of carbonyl (C=O) groups excluding carboxylic acids is 1. The van der Waals surface area contributed by atoms with Crippen molar-refractivity contribution in [1.82, 2.24) is 0 Å². The van der Waals surface area contributed by atoms with Gasteiger partial charge >= 0.3 is 0 Å². The molecule has 1 amide bonds. The number of aromatic hydroxyl groups is 2. The summed E-state index contributed by atoms with van der Waals surface area (Å²) in [6.45, 7) is 0. The highest BCUT2D eigenvalue weighted by Gasteiger charge is 2.11. The molecule has 3 aromatic carbocycles. The topological polar surface area (TPSA) is 93.4 Å². The minimum atomic E-state index is -0.441.